The van der Waals surface area contributed by atoms with Crippen LogP contribution in [0, 0.1) is 33.1 Å². The van der Waals surface area contributed by atoms with Gasteiger partial charge in [0.2, 0.25) is 17.7 Å². The molecule has 5 atom stereocenters. The van der Waals surface area contributed by atoms with Crippen molar-refractivity contribution in [1.82, 2.24) is 35.6 Å². The van der Waals surface area contributed by atoms with Crippen LogP contribution in [0.2, 0.25) is 5.02 Å². The first-order chi connectivity index (χ1) is 34.3. The molecule has 15 nitrogen and oxygen atoms in total. The number of likely N-dealkylation sites (tertiary alicyclic amines) is 1. The van der Waals surface area contributed by atoms with Crippen LogP contribution in [-0.2, 0) is 14.4 Å². The maximum atomic E-state index is 14.4. The minimum atomic E-state index is -1.07. The number of nitrogens with one attached hydrogen (secondary N) is 3. The molecule has 0 bridgehead atoms. The highest BCUT2D eigenvalue weighted by atomic mass is 35.5. The summed E-state index contributed by atoms with van der Waals surface area (Å²) in [5.74, 6) is 0.0257. The molecule has 1 saturated heterocycles. The van der Waals surface area contributed by atoms with Crippen LogP contribution in [0.15, 0.2) is 93.7 Å². The molecule has 0 saturated carbocycles. The Hall–Kier alpha value is -6.66. The topological polar surface area (TPSA) is 193 Å². The zero-order valence-electron chi connectivity index (χ0n) is 41.3. The summed E-state index contributed by atoms with van der Waals surface area (Å²) in [7, 11) is 0. The summed E-state index contributed by atoms with van der Waals surface area (Å²) in [6, 6.07) is 21.4. The van der Waals surface area contributed by atoms with Gasteiger partial charge < -0.3 is 35.1 Å². The Labute approximate surface area is 430 Å². The molecule has 6 heterocycles. The molecule has 4 amide bonds. The fraction of sp³-hybridized carbons (Fsp3) is 0.352. The van der Waals surface area contributed by atoms with Crippen LogP contribution in [0.3, 0.4) is 0 Å². The molecular formula is C54H57ClN8O7S2. The van der Waals surface area contributed by atoms with Gasteiger partial charge in [-0.1, -0.05) is 68.8 Å². The second-order valence-electron chi connectivity index (χ2n) is 19.6. The predicted octanol–water partition coefficient (Wildman–Crippen LogP) is 9.15. The largest absolute Gasteiger partial charge is 0.492 e. The summed E-state index contributed by atoms with van der Waals surface area (Å²) in [5, 5.41) is 32.7. The van der Waals surface area contributed by atoms with Gasteiger partial charge in [0, 0.05) is 44.3 Å². The number of aryl methyl sites for hydroxylation is 3. The van der Waals surface area contributed by atoms with E-state index in [2.05, 4.69) is 58.4 Å². The number of aliphatic hydroxyl groups is 1. The Morgan fingerprint density at radius 3 is 2.39 bits per heavy atom. The standard InChI is InChI=1S/C54H57ClN8O7S2/c1-28-19-22-71-47(28)35-11-9-33(10-12-35)30(3)57-50(66)41-25-38(64)27-62(41)52(68)48(54(6,7)8)59-51(67)43-24-36-23-39(17-18-42(36)70-43)69-21-20-56-44(65)26-40-49-61-60-32(5)63(49)53-45(29(2)31(4)72-53)46(58-40)34-13-15-37(55)16-14-34/h9-19,22-24,30,38,40-41,48,64H,20-21,25-27H2,1-8H3,(H,56,65)(H,57,66)(H,59,67)/t30-,38+,40-,41-,48+/m0/s1. The number of carbonyl (C=O) groups excluding carboxylic acids is 4. The van der Waals surface area contributed by atoms with Gasteiger partial charge in [0.1, 0.15) is 46.9 Å². The lowest BCUT2D eigenvalue weighted by Gasteiger charge is -2.35. The van der Waals surface area contributed by atoms with Gasteiger partial charge in [-0.15, -0.1) is 32.9 Å². The van der Waals surface area contributed by atoms with Crippen LogP contribution in [0.4, 0.5) is 0 Å². The average molecular weight is 1030 g/mol. The van der Waals surface area contributed by atoms with Gasteiger partial charge in [-0.05, 0) is 110 Å². The smallest absolute Gasteiger partial charge is 0.287 e. The maximum Gasteiger partial charge on any atom is 0.287 e. The highest BCUT2D eigenvalue weighted by Crippen LogP contribution is 2.40. The van der Waals surface area contributed by atoms with Crippen LogP contribution < -0.4 is 20.7 Å². The van der Waals surface area contributed by atoms with Gasteiger partial charge in [-0.3, -0.25) is 28.7 Å². The molecule has 2 aliphatic heterocycles. The number of furan rings is 1. The molecule has 0 spiro atoms. The number of carbonyl (C=O) groups is 4. The molecule has 0 unspecified atom stereocenters. The van der Waals surface area contributed by atoms with Crippen molar-refractivity contribution in [2.45, 2.75) is 98.5 Å². The summed E-state index contributed by atoms with van der Waals surface area (Å²) < 4.78 is 14.0. The zero-order chi connectivity index (χ0) is 51.2. The molecule has 2 aliphatic rings. The van der Waals surface area contributed by atoms with E-state index in [1.807, 2.05) is 87.7 Å². The lowest BCUT2D eigenvalue weighted by atomic mass is 9.85. The first-order valence-corrected chi connectivity index (χ1v) is 26.0. The van der Waals surface area contributed by atoms with Crippen LogP contribution in [0.5, 0.6) is 5.75 Å². The quantitative estimate of drug-likeness (QED) is 0.0769. The number of thiophene rings is 2. The summed E-state index contributed by atoms with van der Waals surface area (Å²) in [4.78, 5) is 64.5. The van der Waals surface area contributed by atoms with Crippen LogP contribution in [0.25, 0.3) is 26.4 Å². The molecule has 4 N–H and O–H groups in total. The van der Waals surface area contributed by atoms with Gasteiger partial charge in [0.15, 0.2) is 11.6 Å². The fourth-order valence-electron chi connectivity index (χ4n) is 9.27. The number of aliphatic hydroxyl groups excluding tert-OH is 1. The fourth-order valence-corrected chi connectivity index (χ4v) is 11.5. The normalized spacial score (nSPS) is 17.4. The SMILES string of the molecule is Cc1ccsc1-c1ccc([C@H](C)NC(=O)[C@@H]2C[C@@H](O)CN2C(=O)[C@@H](NC(=O)c2cc3cc(OCCNC(=O)C[C@@H]4N=C(c5ccc(Cl)cc5)c5c(sc(C)c5C)-n5c(C)nnc54)ccc3o2)C(C)(C)C)cc1. The summed E-state index contributed by atoms with van der Waals surface area (Å²) in [6.07, 6.45) is -0.826. The van der Waals surface area contributed by atoms with Gasteiger partial charge in [0.25, 0.3) is 5.91 Å². The molecule has 18 heteroatoms. The molecule has 1 fully saturated rings. The van der Waals surface area contributed by atoms with E-state index in [1.54, 1.807) is 46.9 Å². The molecule has 7 aromatic rings. The maximum absolute atomic E-state index is 14.4. The van der Waals surface area contributed by atoms with Crippen LogP contribution in [0.1, 0.15) is 108 Å². The number of aliphatic imine (C=N–C) groups is 1. The summed E-state index contributed by atoms with van der Waals surface area (Å²) >= 11 is 9.58. The Kier molecular flexibility index (Phi) is 14.3. The van der Waals surface area contributed by atoms with E-state index >= 15 is 0 Å². The number of hydrogen-bond donors (Lipinski definition) is 4. The summed E-state index contributed by atoms with van der Waals surface area (Å²) in [5.41, 5.74) is 6.57. The van der Waals surface area contributed by atoms with Crippen molar-refractivity contribution in [3.05, 3.63) is 139 Å². The first kappa shape index (κ1) is 50.3. The second kappa shape index (κ2) is 20.5. The monoisotopic (exact) mass is 1030 g/mol. The Balaban J connectivity index is 0.815. The number of amides is 4. The Bertz CT molecular complexity index is 3220. The van der Waals surface area contributed by atoms with Crippen molar-refractivity contribution < 1.29 is 33.4 Å². The van der Waals surface area contributed by atoms with Crippen molar-refractivity contribution in [2.75, 3.05) is 19.7 Å². The zero-order valence-corrected chi connectivity index (χ0v) is 43.7. The lowest BCUT2D eigenvalue weighted by Crippen LogP contribution is -2.57. The van der Waals surface area contributed by atoms with Crippen molar-refractivity contribution in [3.63, 3.8) is 0 Å². The lowest BCUT2D eigenvalue weighted by molar-refractivity contribution is -0.142. The van der Waals surface area contributed by atoms with Gasteiger partial charge >= 0.3 is 0 Å². The van der Waals surface area contributed by atoms with Crippen LogP contribution in [-0.4, -0.2) is 92.0 Å². The number of rotatable bonds is 14. The van der Waals surface area contributed by atoms with Crippen molar-refractivity contribution in [2.24, 2.45) is 10.4 Å². The third-order valence-corrected chi connectivity index (χ3v) is 15.8. The molecule has 0 aliphatic carbocycles. The van der Waals surface area contributed by atoms with Gasteiger partial charge in [-0.2, -0.15) is 0 Å². The van der Waals surface area contributed by atoms with E-state index in [9.17, 15) is 24.3 Å². The van der Waals surface area contributed by atoms with Crippen LogP contribution >= 0.6 is 34.3 Å². The van der Waals surface area contributed by atoms with Crippen molar-refractivity contribution in [3.8, 4) is 21.2 Å². The van der Waals surface area contributed by atoms with E-state index in [-0.39, 0.29) is 56.2 Å². The third kappa shape index (κ3) is 10.3. The number of fused-ring (bicyclic) bond motifs is 4. The summed E-state index contributed by atoms with van der Waals surface area (Å²) in [6.45, 7) is 15.8. The van der Waals surface area contributed by atoms with Crippen molar-refractivity contribution >= 4 is 74.6 Å². The molecule has 0 radical (unpaired) electrons. The molecule has 374 valence electrons. The highest BCUT2D eigenvalue weighted by Gasteiger charge is 2.45. The van der Waals surface area contributed by atoms with Gasteiger partial charge in [-0.25, -0.2) is 0 Å². The van der Waals surface area contributed by atoms with E-state index < -0.39 is 41.5 Å². The highest BCUT2D eigenvalue weighted by molar-refractivity contribution is 7.15. The molecule has 4 aromatic heterocycles. The second-order valence-corrected chi connectivity index (χ2v) is 22.1. The number of aromatic nitrogens is 3. The molecule has 72 heavy (non-hydrogen) atoms. The minimum absolute atomic E-state index is 0.0203. The minimum Gasteiger partial charge on any atom is -0.492 e. The Morgan fingerprint density at radius 1 is 0.944 bits per heavy atom. The molecule has 3 aromatic carbocycles. The molecular weight excluding hydrogens is 972 g/mol. The van der Waals surface area contributed by atoms with E-state index in [0.29, 0.717) is 33.4 Å². The van der Waals surface area contributed by atoms with Gasteiger partial charge in [0.05, 0.1) is 30.8 Å². The Morgan fingerprint density at radius 2 is 1.68 bits per heavy atom. The number of hydrogen-bond acceptors (Lipinski definition) is 12. The van der Waals surface area contributed by atoms with Crippen molar-refractivity contribution in [1.29, 1.82) is 0 Å². The number of halogens is 1. The number of nitrogens with zero attached hydrogens (tertiary/aromatic N) is 5. The third-order valence-electron chi connectivity index (χ3n) is 13.3. The van der Waals surface area contributed by atoms with E-state index in [1.165, 1.54) is 15.3 Å². The number of β-amino-alcohol motifs (C(OH)–C–C–N with tert-alkyl or cyclic N) is 1. The van der Waals surface area contributed by atoms with E-state index in [0.717, 1.165) is 43.4 Å². The average Bonchev–Trinajstić information content (AvgIpc) is 4.18. The first-order valence-electron chi connectivity index (χ1n) is 23.9. The molecule has 9 rings (SSSR count). The number of benzene rings is 3. The number of ether oxygens (including phenoxy) is 1. The van der Waals surface area contributed by atoms with E-state index in [4.69, 9.17) is 25.7 Å². The predicted molar refractivity (Wildman–Crippen MR) is 280 cm³/mol.